The highest BCUT2D eigenvalue weighted by Crippen LogP contribution is 2.14. The van der Waals surface area contributed by atoms with E-state index in [0.717, 1.165) is 13.1 Å². The highest BCUT2D eigenvalue weighted by Gasteiger charge is 2.09. The topological polar surface area (TPSA) is 15.3 Å². The molecule has 0 bridgehead atoms. The van der Waals surface area contributed by atoms with Gasteiger partial charge < -0.3 is 10.2 Å². The van der Waals surface area contributed by atoms with E-state index in [1.807, 2.05) is 7.05 Å². The van der Waals surface area contributed by atoms with Crippen LogP contribution in [0.1, 0.15) is 12.5 Å². The first-order valence-electron chi connectivity index (χ1n) is 5.63. The van der Waals surface area contributed by atoms with Gasteiger partial charge in [0.05, 0.1) is 6.54 Å². The molecule has 1 aliphatic rings. The van der Waals surface area contributed by atoms with E-state index in [4.69, 9.17) is 0 Å². The highest BCUT2D eigenvalue weighted by molar-refractivity contribution is 5.85. The van der Waals surface area contributed by atoms with Crippen LogP contribution in [0.4, 0.5) is 0 Å². The first-order valence-corrected chi connectivity index (χ1v) is 5.63. The molecule has 100 valence electrons. The summed E-state index contributed by atoms with van der Waals surface area (Å²) in [5.74, 6) is 0. The molecular formula is C14H20Cl2N2. The lowest BCUT2D eigenvalue weighted by atomic mass is 10.1. The predicted octanol–water partition coefficient (Wildman–Crippen LogP) is 3.35. The van der Waals surface area contributed by atoms with Crippen molar-refractivity contribution in [3.63, 3.8) is 0 Å². The largest absolute Gasteiger partial charge is 0.390 e. The first kappa shape index (κ1) is 16.9. The van der Waals surface area contributed by atoms with Gasteiger partial charge in [0.2, 0.25) is 0 Å². The summed E-state index contributed by atoms with van der Waals surface area (Å²) in [5, 5.41) is 3.26. The third kappa shape index (κ3) is 4.28. The van der Waals surface area contributed by atoms with Gasteiger partial charge in [0.15, 0.2) is 0 Å². The van der Waals surface area contributed by atoms with E-state index < -0.39 is 0 Å². The zero-order chi connectivity index (χ0) is 11.4. The molecule has 0 unspecified atom stereocenters. The lowest BCUT2D eigenvalue weighted by molar-refractivity contribution is 0.385. The Morgan fingerprint density at radius 3 is 2.44 bits per heavy atom. The average Bonchev–Trinajstić information content (AvgIpc) is 2.33. The fourth-order valence-electron chi connectivity index (χ4n) is 1.90. The molecule has 1 aromatic rings. The average molecular weight is 287 g/mol. The Morgan fingerprint density at radius 1 is 1.17 bits per heavy atom. The molecule has 1 aromatic carbocycles. The van der Waals surface area contributed by atoms with E-state index in [1.165, 1.54) is 16.8 Å². The van der Waals surface area contributed by atoms with E-state index in [0.29, 0.717) is 0 Å². The van der Waals surface area contributed by atoms with Crippen molar-refractivity contribution >= 4 is 24.8 Å². The third-order valence-corrected chi connectivity index (χ3v) is 2.90. The molecule has 2 nitrogen and oxygen atoms in total. The van der Waals surface area contributed by atoms with Crippen LogP contribution >= 0.6 is 24.8 Å². The van der Waals surface area contributed by atoms with Gasteiger partial charge in [-0.25, -0.2) is 0 Å². The van der Waals surface area contributed by atoms with Crippen LogP contribution in [0.2, 0.25) is 0 Å². The number of hydrogen-bond donors (Lipinski definition) is 1. The second kappa shape index (κ2) is 8.06. The van der Waals surface area contributed by atoms with Gasteiger partial charge in [0, 0.05) is 25.5 Å². The minimum atomic E-state index is 0. The van der Waals surface area contributed by atoms with Gasteiger partial charge in [0.1, 0.15) is 0 Å². The smallest absolute Gasteiger partial charge is 0.0577 e. The molecule has 0 atom stereocenters. The molecule has 0 spiro atoms. The monoisotopic (exact) mass is 286 g/mol. The van der Waals surface area contributed by atoms with Crippen LogP contribution in [0, 0.1) is 0 Å². The van der Waals surface area contributed by atoms with Crippen LogP contribution in [0.25, 0.3) is 0 Å². The minimum absolute atomic E-state index is 0. The lowest BCUT2D eigenvalue weighted by Crippen LogP contribution is -2.28. The molecule has 0 aromatic heterocycles. The molecule has 0 amide bonds. The quantitative estimate of drug-likeness (QED) is 0.917. The Labute approximate surface area is 122 Å². The fraction of sp³-hybridized carbons (Fsp3) is 0.286. The maximum absolute atomic E-state index is 3.26. The summed E-state index contributed by atoms with van der Waals surface area (Å²) in [6, 6.07) is 10.6. The summed E-state index contributed by atoms with van der Waals surface area (Å²) < 4.78 is 0. The number of benzene rings is 1. The minimum Gasteiger partial charge on any atom is -0.390 e. The van der Waals surface area contributed by atoms with Crippen LogP contribution in [-0.2, 0) is 6.54 Å². The third-order valence-electron chi connectivity index (χ3n) is 2.90. The van der Waals surface area contributed by atoms with Crippen LogP contribution in [-0.4, -0.2) is 18.5 Å². The van der Waals surface area contributed by atoms with E-state index in [1.54, 1.807) is 0 Å². The van der Waals surface area contributed by atoms with Crippen LogP contribution in [0.3, 0.4) is 0 Å². The van der Waals surface area contributed by atoms with Gasteiger partial charge in [-0.15, -0.1) is 24.8 Å². The van der Waals surface area contributed by atoms with Crippen LogP contribution in [0.5, 0.6) is 0 Å². The van der Waals surface area contributed by atoms with E-state index in [-0.39, 0.29) is 24.8 Å². The van der Waals surface area contributed by atoms with Crippen molar-refractivity contribution in [3.8, 4) is 0 Å². The van der Waals surface area contributed by atoms with Crippen molar-refractivity contribution in [2.45, 2.75) is 13.5 Å². The lowest BCUT2D eigenvalue weighted by Gasteiger charge is -2.26. The number of halogens is 2. The Balaban J connectivity index is 0.00000144. The maximum Gasteiger partial charge on any atom is 0.0577 e. The van der Waals surface area contributed by atoms with E-state index >= 15 is 0 Å². The zero-order valence-electron chi connectivity index (χ0n) is 10.7. The van der Waals surface area contributed by atoms with Gasteiger partial charge in [-0.3, -0.25) is 0 Å². The van der Waals surface area contributed by atoms with Crippen molar-refractivity contribution < 1.29 is 0 Å². The summed E-state index contributed by atoms with van der Waals surface area (Å²) >= 11 is 0. The first-order chi connectivity index (χ1) is 7.79. The van der Waals surface area contributed by atoms with Crippen molar-refractivity contribution in [1.29, 1.82) is 0 Å². The summed E-state index contributed by atoms with van der Waals surface area (Å²) in [6.07, 6.45) is 4.33. The Bertz CT molecular complexity index is 413. The normalized spacial score (nSPS) is 13.8. The molecular weight excluding hydrogens is 267 g/mol. The van der Waals surface area contributed by atoms with Gasteiger partial charge in [0.25, 0.3) is 0 Å². The van der Waals surface area contributed by atoms with E-state index in [2.05, 4.69) is 59.7 Å². The highest BCUT2D eigenvalue weighted by atomic mass is 35.5. The van der Waals surface area contributed by atoms with Crippen LogP contribution < -0.4 is 5.32 Å². The molecule has 4 heteroatoms. The van der Waals surface area contributed by atoms with Crippen molar-refractivity contribution in [2.24, 2.45) is 0 Å². The van der Waals surface area contributed by atoms with Crippen molar-refractivity contribution in [1.82, 2.24) is 10.2 Å². The molecule has 2 rings (SSSR count). The molecule has 0 fully saturated rings. The molecule has 0 saturated heterocycles. The molecule has 18 heavy (non-hydrogen) atoms. The summed E-state index contributed by atoms with van der Waals surface area (Å²) in [5.41, 5.74) is 3.98. The molecule has 1 N–H and O–H groups in total. The zero-order valence-corrected chi connectivity index (χ0v) is 12.4. The number of rotatable bonds is 3. The van der Waals surface area contributed by atoms with E-state index in [9.17, 15) is 0 Å². The van der Waals surface area contributed by atoms with Gasteiger partial charge >= 0.3 is 0 Å². The number of nitrogens with one attached hydrogen (secondary N) is 1. The standard InChI is InChI=1S/C14H18N2.2ClH/c1-12-8-9-16(11-14(12)15-2)10-13-6-4-3-5-7-13;;/h3-9,15H,10-11H2,1-2H3;2*1H. The van der Waals surface area contributed by atoms with Gasteiger partial charge in [-0.05, 0) is 24.1 Å². The Kier molecular flexibility index (Phi) is 7.56. The molecule has 0 aliphatic carbocycles. The van der Waals surface area contributed by atoms with Crippen LogP contribution in [0.15, 0.2) is 53.9 Å². The van der Waals surface area contributed by atoms with Crippen molar-refractivity contribution in [3.05, 3.63) is 59.4 Å². The van der Waals surface area contributed by atoms with Crippen molar-refractivity contribution in [2.75, 3.05) is 13.6 Å². The second-order valence-electron chi connectivity index (χ2n) is 4.12. The summed E-state index contributed by atoms with van der Waals surface area (Å²) in [6.45, 7) is 4.08. The number of hydrogen-bond acceptors (Lipinski definition) is 2. The second-order valence-corrected chi connectivity index (χ2v) is 4.12. The number of allylic oxidation sites excluding steroid dienone is 2. The van der Waals surface area contributed by atoms with Gasteiger partial charge in [-0.1, -0.05) is 30.3 Å². The molecule has 0 saturated carbocycles. The number of nitrogens with zero attached hydrogens (tertiary/aromatic N) is 1. The molecule has 0 radical (unpaired) electrons. The fourth-order valence-corrected chi connectivity index (χ4v) is 1.90. The Morgan fingerprint density at radius 2 is 1.83 bits per heavy atom. The molecule has 1 heterocycles. The summed E-state index contributed by atoms with van der Waals surface area (Å²) in [7, 11) is 1.98. The number of likely N-dealkylation sites (N-methyl/N-ethyl adjacent to an activating group) is 1. The summed E-state index contributed by atoms with van der Waals surface area (Å²) in [4.78, 5) is 2.31. The Hall–Kier alpha value is -1.12. The predicted molar refractivity (Wildman–Crippen MR) is 82.2 cm³/mol. The maximum atomic E-state index is 3.26. The molecule has 1 aliphatic heterocycles. The SMILES string of the molecule is CNC1=C(C)C=CN(Cc2ccccc2)C1.Cl.Cl. The van der Waals surface area contributed by atoms with Gasteiger partial charge in [-0.2, -0.15) is 0 Å².